The highest BCUT2D eigenvalue weighted by Gasteiger charge is 2.32. The van der Waals surface area contributed by atoms with Crippen LogP contribution in [-0.4, -0.2) is 39.9 Å². The van der Waals surface area contributed by atoms with Crippen molar-refractivity contribution in [2.75, 3.05) is 19.6 Å². The van der Waals surface area contributed by atoms with Gasteiger partial charge in [0.1, 0.15) is 0 Å². The van der Waals surface area contributed by atoms with Gasteiger partial charge in [-0.2, -0.15) is 5.10 Å². The van der Waals surface area contributed by atoms with E-state index >= 15 is 0 Å². The predicted octanol–water partition coefficient (Wildman–Crippen LogP) is 2.31. The van der Waals surface area contributed by atoms with Gasteiger partial charge in [-0.25, -0.2) is 0 Å². The number of benzene rings is 1. The molecule has 1 unspecified atom stereocenters. The van der Waals surface area contributed by atoms with Crippen molar-refractivity contribution in [1.82, 2.24) is 20.0 Å². The summed E-state index contributed by atoms with van der Waals surface area (Å²) in [6.45, 7) is 8.55. The van der Waals surface area contributed by atoms with Crippen LogP contribution in [0.25, 0.3) is 0 Å². The first-order chi connectivity index (χ1) is 10.1. The molecule has 4 heteroatoms. The number of nitrogens with one attached hydrogen (secondary N) is 1. The van der Waals surface area contributed by atoms with Crippen molar-refractivity contribution in [2.24, 2.45) is 0 Å². The molecule has 1 saturated heterocycles. The summed E-state index contributed by atoms with van der Waals surface area (Å²) in [6, 6.07) is 13.2. The van der Waals surface area contributed by atoms with E-state index in [9.17, 15) is 0 Å². The molecule has 4 nitrogen and oxygen atoms in total. The maximum atomic E-state index is 4.31. The quantitative estimate of drug-likeness (QED) is 0.935. The molecule has 0 bridgehead atoms. The van der Waals surface area contributed by atoms with E-state index < -0.39 is 0 Å². The number of piperazine rings is 1. The van der Waals surface area contributed by atoms with Crippen LogP contribution in [0.1, 0.15) is 25.5 Å². The minimum Gasteiger partial charge on any atom is -0.309 e. The van der Waals surface area contributed by atoms with Crippen molar-refractivity contribution in [3.05, 3.63) is 54.4 Å². The van der Waals surface area contributed by atoms with Gasteiger partial charge in [0.2, 0.25) is 0 Å². The van der Waals surface area contributed by atoms with Crippen LogP contribution in [-0.2, 0) is 6.54 Å². The molecule has 2 aromatic rings. The summed E-state index contributed by atoms with van der Waals surface area (Å²) >= 11 is 0. The normalized spacial score (nSPS) is 22.3. The molecular formula is C17H24N4. The topological polar surface area (TPSA) is 33.1 Å². The minimum absolute atomic E-state index is 0.162. The fraction of sp³-hybridized carbons (Fsp3) is 0.471. The van der Waals surface area contributed by atoms with Crippen LogP contribution in [0.2, 0.25) is 0 Å². The summed E-state index contributed by atoms with van der Waals surface area (Å²) in [5.41, 5.74) is 1.55. The molecule has 112 valence electrons. The molecule has 0 amide bonds. The Bertz CT molecular complexity index is 547. The SMILES string of the molecule is CC1(C)CN(CCn2cccn2)C(c2ccccc2)CN1. The Balaban J connectivity index is 1.74. The first kappa shape index (κ1) is 14.3. The van der Waals surface area contributed by atoms with E-state index in [-0.39, 0.29) is 5.54 Å². The third kappa shape index (κ3) is 3.52. The lowest BCUT2D eigenvalue weighted by atomic mass is 9.95. The molecule has 1 aliphatic rings. The predicted molar refractivity (Wildman–Crippen MR) is 85.1 cm³/mol. The Morgan fingerprint density at radius 2 is 2.00 bits per heavy atom. The van der Waals surface area contributed by atoms with E-state index in [1.807, 2.05) is 23.1 Å². The zero-order valence-corrected chi connectivity index (χ0v) is 12.9. The summed E-state index contributed by atoms with van der Waals surface area (Å²) < 4.78 is 2.01. The van der Waals surface area contributed by atoms with Gasteiger partial charge in [0, 0.05) is 43.6 Å². The van der Waals surface area contributed by atoms with Crippen molar-refractivity contribution in [3.8, 4) is 0 Å². The van der Waals surface area contributed by atoms with E-state index in [0.29, 0.717) is 6.04 Å². The summed E-state index contributed by atoms with van der Waals surface area (Å²) in [4.78, 5) is 2.58. The fourth-order valence-corrected chi connectivity index (χ4v) is 3.08. The smallest absolute Gasteiger partial charge is 0.0536 e. The average molecular weight is 284 g/mol. The lowest BCUT2D eigenvalue weighted by Crippen LogP contribution is -2.58. The third-order valence-electron chi connectivity index (χ3n) is 4.17. The summed E-state index contributed by atoms with van der Waals surface area (Å²) in [7, 11) is 0. The maximum Gasteiger partial charge on any atom is 0.0536 e. The van der Waals surface area contributed by atoms with Crippen LogP contribution >= 0.6 is 0 Å². The van der Waals surface area contributed by atoms with Gasteiger partial charge in [-0.1, -0.05) is 30.3 Å². The zero-order chi connectivity index (χ0) is 14.7. The molecule has 1 aromatic carbocycles. The lowest BCUT2D eigenvalue weighted by Gasteiger charge is -2.45. The van der Waals surface area contributed by atoms with Gasteiger partial charge in [0.15, 0.2) is 0 Å². The van der Waals surface area contributed by atoms with E-state index in [2.05, 4.69) is 59.5 Å². The average Bonchev–Trinajstić information content (AvgIpc) is 2.98. The molecule has 0 aliphatic carbocycles. The zero-order valence-electron chi connectivity index (χ0n) is 12.9. The number of hydrogen-bond donors (Lipinski definition) is 1. The van der Waals surface area contributed by atoms with Crippen molar-refractivity contribution < 1.29 is 0 Å². The molecule has 1 atom stereocenters. The second kappa shape index (κ2) is 6.00. The molecule has 1 fully saturated rings. The van der Waals surface area contributed by atoms with Crippen molar-refractivity contribution >= 4 is 0 Å². The second-order valence-corrected chi connectivity index (χ2v) is 6.43. The molecule has 2 heterocycles. The van der Waals surface area contributed by atoms with Crippen molar-refractivity contribution in [1.29, 1.82) is 0 Å². The highest BCUT2D eigenvalue weighted by atomic mass is 15.3. The lowest BCUT2D eigenvalue weighted by molar-refractivity contribution is 0.0903. The molecule has 21 heavy (non-hydrogen) atoms. The van der Waals surface area contributed by atoms with Gasteiger partial charge < -0.3 is 5.32 Å². The standard InChI is InChI=1S/C17H24N4/c1-17(2)14-20(11-12-21-10-6-9-19-21)16(13-18-17)15-7-4-3-5-8-15/h3-10,16,18H,11-14H2,1-2H3. The Morgan fingerprint density at radius 3 is 2.71 bits per heavy atom. The van der Waals surface area contributed by atoms with Gasteiger partial charge in [-0.15, -0.1) is 0 Å². The Hall–Kier alpha value is -1.65. The monoisotopic (exact) mass is 284 g/mol. The van der Waals surface area contributed by atoms with Crippen LogP contribution in [0.5, 0.6) is 0 Å². The molecule has 1 N–H and O–H groups in total. The van der Waals surface area contributed by atoms with Crippen LogP contribution < -0.4 is 5.32 Å². The van der Waals surface area contributed by atoms with Crippen molar-refractivity contribution in [3.63, 3.8) is 0 Å². The first-order valence-electron chi connectivity index (χ1n) is 7.65. The number of nitrogens with zero attached hydrogens (tertiary/aromatic N) is 3. The largest absolute Gasteiger partial charge is 0.309 e. The maximum absolute atomic E-state index is 4.31. The Morgan fingerprint density at radius 1 is 1.19 bits per heavy atom. The Labute approximate surface area is 126 Å². The molecule has 1 aliphatic heterocycles. The third-order valence-corrected chi connectivity index (χ3v) is 4.17. The summed E-state index contributed by atoms with van der Waals surface area (Å²) in [6.07, 6.45) is 3.88. The molecular weight excluding hydrogens is 260 g/mol. The molecule has 3 rings (SSSR count). The van der Waals surface area contributed by atoms with Gasteiger partial charge in [0.05, 0.1) is 6.54 Å². The van der Waals surface area contributed by atoms with E-state index in [4.69, 9.17) is 0 Å². The molecule has 0 spiro atoms. The van der Waals surface area contributed by atoms with E-state index in [1.165, 1.54) is 5.56 Å². The van der Waals surface area contributed by atoms with Gasteiger partial charge >= 0.3 is 0 Å². The van der Waals surface area contributed by atoms with Gasteiger partial charge in [0.25, 0.3) is 0 Å². The highest BCUT2D eigenvalue weighted by Crippen LogP contribution is 2.26. The fourth-order valence-electron chi connectivity index (χ4n) is 3.08. The van der Waals surface area contributed by atoms with Crippen LogP contribution in [0.3, 0.4) is 0 Å². The minimum atomic E-state index is 0.162. The molecule has 1 aromatic heterocycles. The summed E-state index contributed by atoms with van der Waals surface area (Å²) in [5, 5.41) is 7.98. The van der Waals surface area contributed by atoms with Crippen LogP contribution in [0.4, 0.5) is 0 Å². The molecule has 0 radical (unpaired) electrons. The second-order valence-electron chi connectivity index (χ2n) is 6.43. The van der Waals surface area contributed by atoms with Gasteiger partial charge in [-0.05, 0) is 25.5 Å². The summed E-state index contributed by atoms with van der Waals surface area (Å²) in [5.74, 6) is 0. The Kier molecular flexibility index (Phi) is 4.08. The van der Waals surface area contributed by atoms with Crippen LogP contribution in [0.15, 0.2) is 48.8 Å². The highest BCUT2D eigenvalue weighted by molar-refractivity contribution is 5.20. The van der Waals surface area contributed by atoms with E-state index in [0.717, 1.165) is 26.2 Å². The van der Waals surface area contributed by atoms with Gasteiger partial charge in [-0.3, -0.25) is 9.58 Å². The number of rotatable bonds is 4. The van der Waals surface area contributed by atoms with Crippen LogP contribution in [0, 0.1) is 0 Å². The number of aromatic nitrogens is 2. The van der Waals surface area contributed by atoms with Crippen molar-refractivity contribution in [2.45, 2.75) is 32.0 Å². The number of hydrogen-bond acceptors (Lipinski definition) is 3. The molecule has 0 saturated carbocycles. The van der Waals surface area contributed by atoms with E-state index in [1.54, 1.807) is 0 Å². The first-order valence-corrected chi connectivity index (χ1v) is 7.65.